The summed E-state index contributed by atoms with van der Waals surface area (Å²) in [7, 11) is 1.79. The Hall–Kier alpha value is -2.76. The minimum absolute atomic E-state index is 0.0257. The van der Waals surface area contributed by atoms with E-state index in [9.17, 15) is 4.79 Å². The van der Waals surface area contributed by atoms with Gasteiger partial charge < -0.3 is 14.4 Å². The Kier molecular flexibility index (Phi) is 5.14. The van der Waals surface area contributed by atoms with Gasteiger partial charge in [-0.3, -0.25) is 4.79 Å². The van der Waals surface area contributed by atoms with Gasteiger partial charge in [-0.1, -0.05) is 36.4 Å². The highest BCUT2D eigenvalue weighted by atomic mass is 16.6. The van der Waals surface area contributed by atoms with Gasteiger partial charge in [-0.2, -0.15) is 0 Å². The van der Waals surface area contributed by atoms with Crippen LogP contribution >= 0.6 is 0 Å². The summed E-state index contributed by atoms with van der Waals surface area (Å²) in [6, 6.07) is 19.7. The SMILES string of the molecule is CN(C[C@@H]1COCCO1)C(=O)c1ccc(-c2ccc3ccccc3n2)cc1. The van der Waals surface area contributed by atoms with Crippen LogP contribution in [-0.2, 0) is 9.47 Å². The maximum atomic E-state index is 12.7. The summed E-state index contributed by atoms with van der Waals surface area (Å²) in [6.45, 7) is 2.26. The van der Waals surface area contributed by atoms with Crippen molar-refractivity contribution in [2.24, 2.45) is 0 Å². The highest BCUT2D eigenvalue weighted by molar-refractivity contribution is 5.94. The fourth-order valence-corrected chi connectivity index (χ4v) is 3.26. The number of carbonyl (C=O) groups is 1. The number of hydrogen-bond acceptors (Lipinski definition) is 4. The van der Waals surface area contributed by atoms with E-state index in [1.165, 1.54) is 0 Å². The third-order valence-electron chi connectivity index (χ3n) is 4.74. The van der Waals surface area contributed by atoms with Gasteiger partial charge in [-0.25, -0.2) is 4.98 Å². The smallest absolute Gasteiger partial charge is 0.253 e. The van der Waals surface area contributed by atoms with Crippen LogP contribution in [0.25, 0.3) is 22.2 Å². The lowest BCUT2D eigenvalue weighted by Crippen LogP contribution is -2.40. The number of amides is 1. The van der Waals surface area contributed by atoms with E-state index < -0.39 is 0 Å². The number of benzene rings is 2. The van der Waals surface area contributed by atoms with E-state index in [2.05, 4.69) is 6.07 Å². The van der Waals surface area contributed by atoms with E-state index in [1.54, 1.807) is 11.9 Å². The number of aromatic nitrogens is 1. The van der Waals surface area contributed by atoms with Crippen molar-refractivity contribution in [3.63, 3.8) is 0 Å². The van der Waals surface area contributed by atoms with Crippen molar-refractivity contribution in [1.82, 2.24) is 9.88 Å². The summed E-state index contributed by atoms with van der Waals surface area (Å²) < 4.78 is 11.0. The Morgan fingerprint density at radius 3 is 2.67 bits per heavy atom. The van der Waals surface area contributed by atoms with Gasteiger partial charge in [0.1, 0.15) is 0 Å². The van der Waals surface area contributed by atoms with Crippen LogP contribution in [0.4, 0.5) is 0 Å². The van der Waals surface area contributed by atoms with Gasteiger partial charge in [0.25, 0.3) is 5.91 Å². The molecule has 1 aliphatic heterocycles. The van der Waals surface area contributed by atoms with E-state index in [0.29, 0.717) is 31.9 Å². The molecule has 0 unspecified atom stereocenters. The topological polar surface area (TPSA) is 51.7 Å². The molecule has 5 nitrogen and oxygen atoms in total. The molecule has 2 aromatic carbocycles. The van der Waals surface area contributed by atoms with Crippen LogP contribution in [0.1, 0.15) is 10.4 Å². The summed E-state index contributed by atoms with van der Waals surface area (Å²) in [6.07, 6.45) is -0.0613. The van der Waals surface area contributed by atoms with Crippen molar-refractivity contribution in [2.45, 2.75) is 6.10 Å². The summed E-state index contributed by atoms with van der Waals surface area (Å²) >= 11 is 0. The molecule has 1 amide bonds. The van der Waals surface area contributed by atoms with E-state index in [4.69, 9.17) is 14.5 Å². The number of ether oxygens (including phenoxy) is 2. The number of fused-ring (bicyclic) bond motifs is 1. The van der Waals surface area contributed by atoms with E-state index >= 15 is 0 Å². The lowest BCUT2D eigenvalue weighted by Gasteiger charge is -2.27. The maximum absolute atomic E-state index is 12.7. The average Bonchev–Trinajstić information content (AvgIpc) is 2.73. The Labute approximate surface area is 158 Å². The zero-order chi connectivity index (χ0) is 18.6. The molecule has 4 rings (SSSR count). The molecule has 1 saturated heterocycles. The van der Waals surface area contributed by atoms with Gasteiger partial charge >= 0.3 is 0 Å². The fourth-order valence-electron chi connectivity index (χ4n) is 3.26. The Morgan fingerprint density at radius 2 is 1.89 bits per heavy atom. The molecule has 0 N–H and O–H groups in total. The second kappa shape index (κ2) is 7.86. The van der Waals surface area contributed by atoms with Crippen LogP contribution < -0.4 is 0 Å². The van der Waals surface area contributed by atoms with E-state index in [1.807, 2.05) is 54.6 Å². The average molecular weight is 362 g/mol. The molecule has 1 aliphatic rings. The number of likely N-dealkylation sites (N-methyl/N-ethyl adjacent to an activating group) is 1. The van der Waals surface area contributed by atoms with Crippen LogP contribution in [-0.4, -0.2) is 55.3 Å². The van der Waals surface area contributed by atoms with Crippen molar-refractivity contribution >= 4 is 16.8 Å². The van der Waals surface area contributed by atoms with Gasteiger partial charge in [0, 0.05) is 30.1 Å². The second-order valence-corrected chi connectivity index (χ2v) is 6.72. The van der Waals surface area contributed by atoms with Crippen molar-refractivity contribution in [3.8, 4) is 11.3 Å². The number of rotatable bonds is 4. The monoisotopic (exact) mass is 362 g/mol. The first-order valence-corrected chi connectivity index (χ1v) is 9.12. The molecule has 1 fully saturated rings. The molecule has 3 aromatic rings. The summed E-state index contributed by atoms with van der Waals surface area (Å²) in [4.78, 5) is 19.0. The minimum atomic E-state index is -0.0613. The fraction of sp³-hybridized carbons (Fsp3) is 0.273. The predicted molar refractivity (Wildman–Crippen MR) is 105 cm³/mol. The molecular formula is C22H22N2O3. The number of nitrogens with zero attached hydrogens (tertiary/aromatic N) is 2. The molecule has 138 valence electrons. The summed E-state index contributed by atoms with van der Waals surface area (Å²) in [5, 5.41) is 1.11. The second-order valence-electron chi connectivity index (χ2n) is 6.72. The Bertz CT molecular complexity index is 934. The first-order valence-electron chi connectivity index (χ1n) is 9.12. The molecule has 0 aliphatic carbocycles. The number of para-hydroxylation sites is 1. The zero-order valence-electron chi connectivity index (χ0n) is 15.3. The van der Waals surface area contributed by atoms with Crippen LogP contribution in [0.3, 0.4) is 0 Å². The molecule has 0 saturated carbocycles. The number of pyridine rings is 1. The molecule has 0 radical (unpaired) electrons. The van der Waals surface area contributed by atoms with Crippen molar-refractivity contribution in [2.75, 3.05) is 33.4 Å². The molecule has 0 bridgehead atoms. The highest BCUT2D eigenvalue weighted by Crippen LogP contribution is 2.21. The van der Waals surface area contributed by atoms with Crippen LogP contribution in [0, 0.1) is 0 Å². The van der Waals surface area contributed by atoms with Gasteiger partial charge in [-0.05, 0) is 24.3 Å². The number of hydrogen-bond donors (Lipinski definition) is 0. The van der Waals surface area contributed by atoms with Crippen molar-refractivity contribution < 1.29 is 14.3 Å². The minimum Gasteiger partial charge on any atom is -0.376 e. The molecular weight excluding hydrogens is 340 g/mol. The molecule has 0 spiro atoms. The summed E-state index contributed by atoms with van der Waals surface area (Å²) in [5.41, 5.74) is 3.50. The largest absolute Gasteiger partial charge is 0.376 e. The first-order chi connectivity index (χ1) is 13.2. The maximum Gasteiger partial charge on any atom is 0.253 e. The van der Waals surface area contributed by atoms with Gasteiger partial charge in [0.2, 0.25) is 0 Å². The Morgan fingerprint density at radius 1 is 1.07 bits per heavy atom. The third kappa shape index (κ3) is 3.99. The van der Waals surface area contributed by atoms with Gasteiger partial charge in [0.05, 0.1) is 37.1 Å². The van der Waals surface area contributed by atoms with Gasteiger partial charge in [-0.15, -0.1) is 0 Å². The molecule has 5 heteroatoms. The summed E-state index contributed by atoms with van der Waals surface area (Å²) in [5.74, 6) is -0.0257. The van der Waals surface area contributed by atoms with Crippen LogP contribution in [0.2, 0.25) is 0 Å². The highest BCUT2D eigenvalue weighted by Gasteiger charge is 2.20. The number of carbonyl (C=O) groups excluding carboxylic acids is 1. The van der Waals surface area contributed by atoms with E-state index in [0.717, 1.165) is 22.2 Å². The first kappa shape index (κ1) is 17.6. The lowest BCUT2D eigenvalue weighted by molar-refractivity contribution is -0.0933. The standard InChI is InChI=1S/C22H22N2O3/c1-24(14-19-15-26-12-13-27-19)22(25)18-8-6-17(7-9-18)21-11-10-16-4-2-3-5-20(16)23-21/h2-11,19H,12-15H2,1H3/t19-/m1/s1. The molecule has 1 aromatic heterocycles. The zero-order valence-corrected chi connectivity index (χ0v) is 15.3. The quantitative estimate of drug-likeness (QED) is 0.714. The molecule has 2 heterocycles. The van der Waals surface area contributed by atoms with Crippen LogP contribution in [0.15, 0.2) is 60.7 Å². The van der Waals surface area contributed by atoms with Crippen LogP contribution in [0.5, 0.6) is 0 Å². The molecule has 1 atom stereocenters. The third-order valence-corrected chi connectivity index (χ3v) is 4.74. The van der Waals surface area contributed by atoms with Crippen molar-refractivity contribution in [1.29, 1.82) is 0 Å². The molecule has 27 heavy (non-hydrogen) atoms. The van der Waals surface area contributed by atoms with E-state index in [-0.39, 0.29) is 12.0 Å². The normalized spacial score (nSPS) is 17.0. The Balaban J connectivity index is 1.48. The van der Waals surface area contributed by atoms with Crippen molar-refractivity contribution in [3.05, 3.63) is 66.2 Å². The predicted octanol–water partition coefficient (Wildman–Crippen LogP) is 3.39. The van der Waals surface area contributed by atoms with Gasteiger partial charge in [0.15, 0.2) is 0 Å². The lowest BCUT2D eigenvalue weighted by atomic mass is 10.1.